The third-order valence-corrected chi connectivity index (χ3v) is 3.99. The highest BCUT2D eigenvalue weighted by molar-refractivity contribution is 5.86. The summed E-state index contributed by atoms with van der Waals surface area (Å²) in [6, 6.07) is 0. The Morgan fingerprint density at radius 1 is 1.38 bits per heavy atom. The van der Waals surface area contributed by atoms with Crippen molar-refractivity contribution in [2.45, 2.75) is 32.7 Å². The lowest BCUT2D eigenvalue weighted by Crippen LogP contribution is -2.27. The van der Waals surface area contributed by atoms with Crippen LogP contribution in [-0.4, -0.2) is 44.8 Å². The molecule has 0 radical (unpaired) electrons. The maximum atomic E-state index is 4.70. The van der Waals surface area contributed by atoms with Gasteiger partial charge in [-0.15, -0.1) is 0 Å². The number of hydrogen-bond donors (Lipinski definition) is 1. The summed E-state index contributed by atoms with van der Waals surface area (Å²) in [4.78, 5) is 11.8. The zero-order valence-electron chi connectivity index (χ0n) is 13.1. The predicted octanol–water partition coefficient (Wildman–Crippen LogP) is 2.03. The first-order valence-electron chi connectivity index (χ1n) is 7.80. The van der Waals surface area contributed by atoms with Gasteiger partial charge in [0.15, 0.2) is 5.65 Å². The van der Waals surface area contributed by atoms with Gasteiger partial charge in [0.1, 0.15) is 11.6 Å². The fourth-order valence-electron chi connectivity index (χ4n) is 2.75. The van der Waals surface area contributed by atoms with E-state index in [2.05, 4.69) is 27.2 Å². The average molecular weight is 288 g/mol. The largest absolute Gasteiger partial charge is 0.372 e. The van der Waals surface area contributed by atoms with Crippen molar-refractivity contribution in [2.24, 2.45) is 13.0 Å². The summed E-state index contributed by atoms with van der Waals surface area (Å²) in [6.07, 6.45) is 5.74. The lowest BCUT2D eigenvalue weighted by atomic mass is 10.3. The maximum Gasteiger partial charge on any atom is 0.163 e. The van der Waals surface area contributed by atoms with Gasteiger partial charge in [-0.1, -0.05) is 6.92 Å². The number of rotatable bonds is 7. The number of aromatic nitrogens is 4. The molecule has 3 rings (SSSR count). The van der Waals surface area contributed by atoms with Gasteiger partial charge >= 0.3 is 0 Å². The van der Waals surface area contributed by atoms with Gasteiger partial charge in [-0.2, -0.15) is 5.10 Å². The second-order valence-corrected chi connectivity index (χ2v) is 5.92. The Labute approximate surface area is 125 Å². The van der Waals surface area contributed by atoms with Crippen LogP contribution in [0.1, 0.15) is 32.0 Å². The Bertz CT molecular complexity index is 616. The monoisotopic (exact) mass is 288 g/mol. The van der Waals surface area contributed by atoms with E-state index in [4.69, 9.17) is 4.98 Å². The summed E-state index contributed by atoms with van der Waals surface area (Å²) in [5, 5.41) is 8.42. The van der Waals surface area contributed by atoms with E-state index in [0.717, 1.165) is 41.7 Å². The Morgan fingerprint density at radius 2 is 2.19 bits per heavy atom. The van der Waals surface area contributed by atoms with Crippen LogP contribution in [0.4, 0.5) is 5.82 Å². The molecule has 1 saturated carbocycles. The molecule has 0 atom stereocenters. The molecular weight excluding hydrogens is 264 g/mol. The second-order valence-electron chi connectivity index (χ2n) is 5.92. The van der Waals surface area contributed by atoms with Crippen LogP contribution in [-0.2, 0) is 13.6 Å². The van der Waals surface area contributed by atoms with Crippen molar-refractivity contribution < 1.29 is 0 Å². The van der Waals surface area contributed by atoms with Crippen LogP contribution >= 0.6 is 0 Å². The number of anilines is 1. The zero-order valence-corrected chi connectivity index (χ0v) is 13.1. The summed E-state index contributed by atoms with van der Waals surface area (Å²) in [5.74, 6) is 2.64. The summed E-state index contributed by atoms with van der Waals surface area (Å²) < 4.78 is 1.81. The molecule has 0 amide bonds. The van der Waals surface area contributed by atoms with Crippen molar-refractivity contribution in [3.8, 4) is 0 Å². The van der Waals surface area contributed by atoms with Crippen LogP contribution in [0.2, 0.25) is 0 Å². The maximum absolute atomic E-state index is 4.70. The quantitative estimate of drug-likeness (QED) is 0.844. The van der Waals surface area contributed by atoms with Gasteiger partial charge in [0.25, 0.3) is 0 Å². The normalized spacial score (nSPS) is 15.0. The lowest BCUT2D eigenvalue weighted by Gasteiger charge is -2.20. The van der Waals surface area contributed by atoms with Crippen LogP contribution in [0.3, 0.4) is 0 Å². The van der Waals surface area contributed by atoms with Crippen LogP contribution in [0.25, 0.3) is 11.0 Å². The molecule has 0 aromatic carbocycles. The van der Waals surface area contributed by atoms with Crippen molar-refractivity contribution in [1.29, 1.82) is 0 Å². The molecule has 0 aliphatic heterocycles. The first-order valence-corrected chi connectivity index (χ1v) is 7.80. The molecule has 1 aliphatic rings. The van der Waals surface area contributed by atoms with Crippen LogP contribution < -0.4 is 5.32 Å². The minimum absolute atomic E-state index is 0.820. The number of hydrogen-bond acceptors (Lipinski definition) is 5. The molecule has 1 aliphatic carbocycles. The fourth-order valence-corrected chi connectivity index (χ4v) is 2.75. The van der Waals surface area contributed by atoms with Gasteiger partial charge in [-0.05, 0) is 31.7 Å². The molecule has 2 aromatic heterocycles. The summed E-state index contributed by atoms with van der Waals surface area (Å²) in [5.41, 5.74) is 0.896. The Hall–Kier alpha value is -1.69. The van der Waals surface area contributed by atoms with E-state index in [1.165, 1.54) is 25.8 Å². The van der Waals surface area contributed by atoms with E-state index >= 15 is 0 Å². The van der Waals surface area contributed by atoms with Gasteiger partial charge < -0.3 is 5.32 Å². The Balaban J connectivity index is 1.85. The third kappa shape index (κ3) is 3.15. The predicted molar refractivity (Wildman–Crippen MR) is 84.1 cm³/mol. The van der Waals surface area contributed by atoms with Gasteiger partial charge in [0.05, 0.1) is 18.1 Å². The number of nitrogens with one attached hydrogen (secondary N) is 1. The molecule has 2 heterocycles. The van der Waals surface area contributed by atoms with Crippen molar-refractivity contribution in [2.75, 3.05) is 25.5 Å². The Morgan fingerprint density at radius 3 is 2.86 bits per heavy atom. The van der Waals surface area contributed by atoms with Gasteiger partial charge in [0, 0.05) is 20.6 Å². The molecule has 1 fully saturated rings. The fraction of sp³-hybridized carbons (Fsp3) is 0.667. The number of nitrogens with zero attached hydrogens (tertiary/aromatic N) is 5. The molecule has 6 nitrogen and oxygen atoms in total. The van der Waals surface area contributed by atoms with Crippen molar-refractivity contribution in [3.63, 3.8) is 0 Å². The highest BCUT2D eigenvalue weighted by Crippen LogP contribution is 2.30. The highest BCUT2D eigenvalue weighted by Gasteiger charge is 2.24. The van der Waals surface area contributed by atoms with Crippen LogP contribution in [0.5, 0.6) is 0 Å². The molecule has 0 bridgehead atoms. The standard InChI is InChI=1S/C15H24N6/c1-4-7-21(9-11-5-6-11)10-13-18-14(16-2)12-8-17-20(3)15(12)19-13/h8,11H,4-7,9-10H2,1-3H3,(H,16,18,19). The molecule has 2 aromatic rings. The van der Waals surface area contributed by atoms with Crippen LogP contribution in [0.15, 0.2) is 6.20 Å². The van der Waals surface area contributed by atoms with Crippen molar-refractivity contribution in [3.05, 3.63) is 12.0 Å². The number of fused-ring (bicyclic) bond motifs is 1. The van der Waals surface area contributed by atoms with Gasteiger partial charge in [-0.25, -0.2) is 9.97 Å². The third-order valence-electron chi connectivity index (χ3n) is 3.99. The molecule has 0 unspecified atom stereocenters. The molecule has 0 saturated heterocycles. The molecule has 6 heteroatoms. The molecule has 0 spiro atoms. The first kappa shape index (κ1) is 14.3. The van der Waals surface area contributed by atoms with E-state index in [9.17, 15) is 0 Å². The smallest absolute Gasteiger partial charge is 0.163 e. The molecule has 1 N–H and O–H groups in total. The molecule has 21 heavy (non-hydrogen) atoms. The second kappa shape index (κ2) is 5.97. The molecular formula is C15H24N6. The minimum atomic E-state index is 0.820. The molecule has 114 valence electrons. The SMILES string of the molecule is CCCN(Cc1nc(NC)c2cnn(C)c2n1)CC1CC1. The van der Waals surface area contributed by atoms with Gasteiger partial charge in [-0.3, -0.25) is 9.58 Å². The average Bonchev–Trinajstić information content (AvgIpc) is 3.21. The summed E-state index contributed by atoms with van der Waals surface area (Å²) in [7, 11) is 3.82. The van der Waals surface area contributed by atoms with Gasteiger partial charge in [0.2, 0.25) is 0 Å². The van der Waals surface area contributed by atoms with E-state index in [-0.39, 0.29) is 0 Å². The van der Waals surface area contributed by atoms with Crippen molar-refractivity contribution >= 4 is 16.9 Å². The first-order chi connectivity index (χ1) is 10.2. The highest BCUT2D eigenvalue weighted by atomic mass is 15.3. The minimum Gasteiger partial charge on any atom is -0.372 e. The lowest BCUT2D eigenvalue weighted by molar-refractivity contribution is 0.249. The van der Waals surface area contributed by atoms with E-state index < -0.39 is 0 Å². The Kier molecular flexibility index (Phi) is 4.05. The van der Waals surface area contributed by atoms with E-state index in [0.29, 0.717) is 0 Å². The topological polar surface area (TPSA) is 58.9 Å². The van der Waals surface area contributed by atoms with E-state index in [1.807, 2.05) is 25.0 Å². The van der Waals surface area contributed by atoms with E-state index in [1.54, 1.807) is 0 Å². The summed E-state index contributed by atoms with van der Waals surface area (Å²) in [6.45, 7) is 5.33. The van der Waals surface area contributed by atoms with Crippen molar-refractivity contribution in [1.82, 2.24) is 24.6 Å². The summed E-state index contributed by atoms with van der Waals surface area (Å²) >= 11 is 0. The van der Waals surface area contributed by atoms with Crippen LogP contribution in [0, 0.1) is 5.92 Å². The zero-order chi connectivity index (χ0) is 14.8. The number of aryl methyl sites for hydroxylation is 1.